The van der Waals surface area contributed by atoms with Crippen molar-refractivity contribution in [1.29, 1.82) is 0 Å². The van der Waals surface area contributed by atoms with E-state index < -0.39 is 10.0 Å². The largest absolute Gasteiger partial charge is 0.398 e. The van der Waals surface area contributed by atoms with E-state index in [0.717, 1.165) is 5.56 Å². The molecular formula is C14H14BrClN2O2S. The lowest BCUT2D eigenvalue weighted by Crippen LogP contribution is -2.15. The molecule has 2 aromatic carbocycles. The summed E-state index contributed by atoms with van der Waals surface area (Å²) in [6.07, 6.45) is 0. The fourth-order valence-electron chi connectivity index (χ4n) is 1.90. The van der Waals surface area contributed by atoms with Crippen molar-refractivity contribution >= 4 is 48.9 Å². The number of sulfonamides is 1. The van der Waals surface area contributed by atoms with Crippen LogP contribution in [-0.2, 0) is 10.0 Å². The summed E-state index contributed by atoms with van der Waals surface area (Å²) >= 11 is 9.26. The molecule has 0 unspecified atom stereocenters. The number of hydrogen-bond acceptors (Lipinski definition) is 3. The van der Waals surface area contributed by atoms with Gasteiger partial charge in [0.1, 0.15) is 4.90 Å². The Morgan fingerprint density at radius 2 is 1.86 bits per heavy atom. The Kier molecular flexibility index (Phi) is 4.51. The van der Waals surface area contributed by atoms with Gasteiger partial charge in [-0.15, -0.1) is 0 Å². The fraction of sp³-hybridized carbons (Fsp3) is 0.143. The zero-order valence-corrected chi connectivity index (χ0v) is 14.6. The quantitative estimate of drug-likeness (QED) is 0.776. The number of aryl methyl sites for hydroxylation is 1. The van der Waals surface area contributed by atoms with Crippen LogP contribution in [0.4, 0.5) is 11.4 Å². The summed E-state index contributed by atoms with van der Waals surface area (Å²) in [5.41, 5.74) is 8.32. The Balaban J connectivity index is 2.50. The maximum absolute atomic E-state index is 12.5. The van der Waals surface area contributed by atoms with Gasteiger partial charge in [-0.2, -0.15) is 0 Å². The molecule has 0 fully saturated rings. The highest BCUT2D eigenvalue weighted by molar-refractivity contribution is 9.10. The van der Waals surface area contributed by atoms with E-state index in [1.807, 2.05) is 6.92 Å². The minimum atomic E-state index is -3.78. The molecule has 0 heterocycles. The van der Waals surface area contributed by atoms with E-state index in [0.29, 0.717) is 21.4 Å². The number of nitrogens with two attached hydrogens (primary N) is 1. The Morgan fingerprint density at radius 1 is 1.19 bits per heavy atom. The van der Waals surface area contributed by atoms with Crippen LogP contribution < -0.4 is 10.5 Å². The summed E-state index contributed by atoms with van der Waals surface area (Å²) in [5, 5.41) is 0.149. The highest BCUT2D eigenvalue weighted by atomic mass is 79.9. The van der Waals surface area contributed by atoms with Gasteiger partial charge in [-0.05, 0) is 49.2 Å². The van der Waals surface area contributed by atoms with E-state index in [9.17, 15) is 8.42 Å². The van der Waals surface area contributed by atoms with Gasteiger partial charge in [-0.1, -0.05) is 33.6 Å². The molecular weight excluding hydrogens is 376 g/mol. The van der Waals surface area contributed by atoms with E-state index >= 15 is 0 Å². The summed E-state index contributed by atoms with van der Waals surface area (Å²) < 4.78 is 28.3. The Morgan fingerprint density at radius 3 is 2.48 bits per heavy atom. The standard InChI is InChI=1S/C14H14BrClN2O2S/c1-8-3-5-12(17)9(2)14(8)18-21(19,20)13-6-4-10(15)7-11(13)16/h3-7,18H,17H2,1-2H3. The van der Waals surface area contributed by atoms with Gasteiger partial charge in [0.2, 0.25) is 0 Å². The van der Waals surface area contributed by atoms with Crippen molar-refractivity contribution in [2.45, 2.75) is 18.7 Å². The smallest absolute Gasteiger partial charge is 0.263 e. The van der Waals surface area contributed by atoms with Crippen LogP contribution in [0, 0.1) is 13.8 Å². The first-order chi connectivity index (χ1) is 9.72. The average molecular weight is 390 g/mol. The van der Waals surface area contributed by atoms with Crippen molar-refractivity contribution in [2.24, 2.45) is 0 Å². The lowest BCUT2D eigenvalue weighted by molar-refractivity contribution is 0.601. The van der Waals surface area contributed by atoms with Gasteiger partial charge in [0.05, 0.1) is 10.7 Å². The SMILES string of the molecule is Cc1ccc(N)c(C)c1NS(=O)(=O)c1ccc(Br)cc1Cl. The minimum absolute atomic E-state index is 0.0218. The molecule has 3 N–H and O–H groups in total. The summed E-state index contributed by atoms with van der Waals surface area (Å²) in [4.78, 5) is 0.0218. The number of benzene rings is 2. The summed E-state index contributed by atoms with van der Waals surface area (Å²) in [7, 11) is -3.78. The normalized spacial score (nSPS) is 11.4. The number of rotatable bonds is 3. The topological polar surface area (TPSA) is 72.2 Å². The van der Waals surface area contributed by atoms with E-state index in [2.05, 4.69) is 20.7 Å². The fourth-order valence-corrected chi connectivity index (χ4v) is 4.14. The highest BCUT2D eigenvalue weighted by Crippen LogP contribution is 2.30. The van der Waals surface area contributed by atoms with Crippen molar-refractivity contribution in [2.75, 3.05) is 10.5 Å². The molecule has 2 rings (SSSR count). The lowest BCUT2D eigenvalue weighted by atomic mass is 10.1. The van der Waals surface area contributed by atoms with E-state index in [1.165, 1.54) is 12.1 Å². The number of anilines is 2. The molecule has 0 saturated heterocycles. The van der Waals surface area contributed by atoms with Gasteiger partial charge in [0.25, 0.3) is 10.0 Å². The molecule has 0 radical (unpaired) electrons. The molecule has 7 heteroatoms. The summed E-state index contributed by atoms with van der Waals surface area (Å²) in [5.74, 6) is 0. The first-order valence-corrected chi connectivity index (χ1v) is 8.71. The molecule has 0 aromatic heterocycles. The molecule has 21 heavy (non-hydrogen) atoms. The zero-order valence-electron chi connectivity index (χ0n) is 11.4. The van der Waals surface area contributed by atoms with Gasteiger partial charge in [0.15, 0.2) is 0 Å². The van der Waals surface area contributed by atoms with Crippen molar-refractivity contribution in [1.82, 2.24) is 0 Å². The number of nitrogen functional groups attached to an aromatic ring is 1. The van der Waals surface area contributed by atoms with Gasteiger partial charge in [-0.3, -0.25) is 4.72 Å². The van der Waals surface area contributed by atoms with Crippen LogP contribution >= 0.6 is 27.5 Å². The number of halogens is 2. The Hall–Kier alpha value is -1.24. The monoisotopic (exact) mass is 388 g/mol. The van der Waals surface area contributed by atoms with Crippen LogP contribution in [0.3, 0.4) is 0 Å². The van der Waals surface area contributed by atoms with E-state index in [4.69, 9.17) is 17.3 Å². The Labute approximate surface area is 137 Å². The molecule has 0 saturated carbocycles. The third-order valence-corrected chi connectivity index (χ3v) is 5.46. The predicted molar refractivity (Wildman–Crippen MR) is 90.3 cm³/mol. The lowest BCUT2D eigenvalue weighted by Gasteiger charge is -2.15. The summed E-state index contributed by atoms with van der Waals surface area (Å²) in [6.45, 7) is 3.58. The average Bonchev–Trinajstić information content (AvgIpc) is 2.39. The Bertz CT molecular complexity index is 807. The van der Waals surface area contributed by atoms with Crippen LogP contribution in [0.25, 0.3) is 0 Å². The highest BCUT2D eigenvalue weighted by Gasteiger charge is 2.20. The first kappa shape index (κ1) is 16.1. The molecule has 4 nitrogen and oxygen atoms in total. The number of hydrogen-bond donors (Lipinski definition) is 2. The zero-order chi connectivity index (χ0) is 15.8. The second-order valence-electron chi connectivity index (χ2n) is 4.65. The molecule has 0 aliphatic heterocycles. The maximum Gasteiger partial charge on any atom is 0.263 e. The predicted octanol–water partition coefficient (Wildman–Crippen LogP) is 4.10. The molecule has 0 amide bonds. The summed E-state index contributed by atoms with van der Waals surface area (Å²) in [6, 6.07) is 8.12. The van der Waals surface area contributed by atoms with E-state index in [-0.39, 0.29) is 9.92 Å². The van der Waals surface area contributed by atoms with Crippen molar-refractivity contribution in [3.63, 3.8) is 0 Å². The van der Waals surface area contributed by atoms with Crippen molar-refractivity contribution in [3.05, 3.63) is 51.0 Å². The number of nitrogens with one attached hydrogen (secondary N) is 1. The van der Waals surface area contributed by atoms with E-state index in [1.54, 1.807) is 25.1 Å². The van der Waals surface area contributed by atoms with Crippen molar-refractivity contribution < 1.29 is 8.42 Å². The molecule has 2 aromatic rings. The van der Waals surface area contributed by atoms with Crippen LogP contribution in [0.2, 0.25) is 5.02 Å². The van der Waals surface area contributed by atoms with Crippen LogP contribution in [0.1, 0.15) is 11.1 Å². The molecule has 112 valence electrons. The second-order valence-corrected chi connectivity index (χ2v) is 7.63. The maximum atomic E-state index is 12.5. The second kappa shape index (κ2) is 5.87. The van der Waals surface area contributed by atoms with Crippen LogP contribution in [-0.4, -0.2) is 8.42 Å². The molecule has 0 spiro atoms. The molecule has 0 aliphatic rings. The minimum Gasteiger partial charge on any atom is -0.398 e. The van der Waals surface area contributed by atoms with Gasteiger partial charge >= 0.3 is 0 Å². The molecule has 0 atom stereocenters. The van der Waals surface area contributed by atoms with Crippen LogP contribution in [0.15, 0.2) is 39.7 Å². The van der Waals surface area contributed by atoms with Crippen LogP contribution in [0.5, 0.6) is 0 Å². The third kappa shape index (κ3) is 3.33. The third-order valence-electron chi connectivity index (χ3n) is 3.14. The first-order valence-electron chi connectivity index (χ1n) is 6.06. The molecule has 0 bridgehead atoms. The van der Waals surface area contributed by atoms with Gasteiger partial charge in [-0.25, -0.2) is 8.42 Å². The van der Waals surface area contributed by atoms with Gasteiger partial charge < -0.3 is 5.73 Å². The van der Waals surface area contributed by atoms with Crippen molar-refractivity contribution in [3.8, 4) is 0 Å². The van der Waals surface area contributed by atoms with Gasteiger partial charge in [0, 0.05) is 10.2 Å². The molecule has 0 aliphatic carbocycles.